The summed E-state index contributed by atoms with van der Waals surface area (Å²) < 4.78 is 20.6. The number of Topliss-reactive ketones (excluding diaryl/α,β-unsaturated/α-hetero) is 1. The zero-order chi connectivity index (χ0) is 15.6. The smallest absolute Gasteiger partial charge is 0.332 e. The van der Waals surface area contributed by atoms with Crippen LogP contribution in [0.15, 0.2) is 0 Å². The van der Waals surface area contributed by atoms with Gasteiger partial charge < -0.3 is 18.9 Å². The first-order chi connectivity index (χ1) is 9.22. The Kier molecular flexibility index (Phi) is 9.37. The summed E-state index contributed by atoms with van der Waals surface area (Å²) in [7, 11) is 0. The minimum absolute atomic E-state index is 0.00862. The van der Waals surface area contributed by atoms with E-state index in [-0.39, 0.29) is 12.4 Å². The maximum atomic E-state index is 11.3. The topological polar surface area (TPSA) is 71.1 Å². The molecule has 0 aliphatic carbocycles. The number of esters is 1. The van der Waals surface area contributed by atoms with Crippen LogP contribution in [-0.2, 0) is 28.5 Å². The predicted octanol–water partition coefficient (Wildman–Crippen LogP) is 1.36. The van der Waals surface area contributed by atoms with E-state index in [4.69, 9.17) is 18.9 Å². The molecule has 20 heavy (non-hydrogen) atoms. The van der Waals surface area contributed by atoms with Gasteiger partial charge >= 0.3 is 5.97 Å². The standard InChI is InChI=1S/C14H26O6/c1-11(15)12(2)19-9-8-17-6-7-18-10-13(16)20-14(3,4)5/h12H,6-10H2,1-5H3/t12-/m0/s1. The van der Waals surface area contributed by atoms with Crippen LogP contribution >= 0.6 is 0 Å². The molecule has 0 amide bonds. The Morgan fingerprint density at radius 1 is 1.00 bits per heavy atom. The van der Waals surface area contributed by atoms with Crippen molar-refractivity contribution in [2.75, 3.05) is 33.0 Å². The van der Waals surface area contributed by atoms with Crippen LogP contribution in [-0.4, -0.2) is 56.5 Å². The summed E-state index contributed by atoms with van der Waals surface area (Å²) in [4.78, 5) is 22.2. The van der Waals surface area contributed by atoms with Gasteiger partial charge in [0.1, 0.15) is 18.3 Å². The fraction of sp³-hybridized carbons (Fsp3) is 0.857. The lowest BCUT2D eigenvalue weighted by Gasteiger charge is -2.19. The molecule has 0 spiro atoms. The SMILES string of the molecule is CC(=O)[C@H](C)OCCOCCOCC(=O)OC(C)(C)C. The predicted molar refractivity (Wildman–Crippen MR) is 73.6 cm³/mol. The number of carbonyl (C=O) groups excluding carboxylic acids is 2. The van der Waals surface area contributed by atoms with Crippen LogP contribution in [0.3, 0.4) is 0 Å². The van der Waals surface area contributed by atoms with E-state index in [1.165, 1.54) is 6.92 Å². The monoisotopic (exact) mass is 290 g/mol. The Hall–Kier alpha value is -0.980. The third-order valence-electron chi connectivity index (χ3n) is 2.18. The summed E-state index contributed by atoms with van der Waals surface area (Å²) in [5, 5.41) is 0. The van der Waals surface area contributed by atoms with E-state index in [0.717, 1.165) is 0 Å². The quantitative estimate of drug-likeness (QED) is 0.447. The lowest BCUT2D eigenvalue weighted by atomic mass is 10.2. The number of hydrogen-bond acceptors (Lipinski definition) is 6. The molecule has 1 atom stereocenters. The second kappa shape index (κ2) is 9.85. The zero-order valence-electron chi connectivity index (χ0n) is 13.1. The molecule has 118 valence electrons. The lowest BCUT2D eigenvalue weighted by molar-refractivity contribution is -0.160. The van der Waals surface area contributed by atoms with Crippen molar-refractivity contribution in [2.24, 2.45) is 0 Å². The van der Waals surface area contributed by atoms with Crippen molar-refractivity contribution in [3.05, 3.63) is 0 Å². The molecule has 0 bridgehead atoms. The van der Waals surface area contributed by atoms with Gasteiger partial charge in [-0.25, -0.2) is 4.79 Å². The lowest BCUT2D eigenvalue weighted by Crippen LogP contribution is -2.27. The maximum Gasteiger partial charge on any atom is 0.332 e. The molecule has 0 aromatic carbocycles. The first-order valence-corrected chi connectivity index (χ1v) is 6.72. The molecule has 0 rings (SSSR count). The summed E-state index contributed by atoms with van der Waals surface area (Å²) in [5.74, 6) is -0.401. The van der Waals surface area contributed by atoms with E-state index in [2.05, 4.69) is 0 Å². The fourth-order valence-electron chi connectivity index (χ4n) is 1.15. The van der Waals surface area contributed by atoms with Gasteiger partial charge in [-0.2, -0.15) is 0 Å². The van der Waals surface area contributed by atoms with Gasteiger partial charge in [0, 0.05) is 0 Å². The normalized spacial score (nSPS) is 13.1. The number of carbonyl (C=O) groups is 2. The van der Waals surface area contributed by atoms with Crippen LogP contribution in [0.1, 0.15) is 34.6 Å². The van der Waals surface area contributed by atoms with Crippen LogP contribution in [0.25, 0.3) is 0 Å². The molecule has 6 nitrogen and oxygen atoms in total. The minimum atomic E-state index is -0.498. The third kappa shape index (κ3) is 12.1. The molecule has 0 aliphatic rings. The average Bonchev–Trinajstić information content (AvgIpc) is 2.29. The van der Waals surface area contributed by atoms with Gasteiger partial charge in [0.2, 0.25) is 0 Å². The van der Waals surface area contributed by atoms with E-state index >= 15 is 0 Å². The molecule has 0 saturated heterocycles. The van der Waals surface area contributed by atoms with Gasteiger partial charge in [0.15, 0.2) is 5.78 Å². The average molecular weight is 290 g/mol. The highest BCUT2D eigenvalue weighted by Gasteiger charge is 2.15. The molecule has 0 aliphatic heterocycles. The molecule has 0 aromatic heterocycles. The van der Waals surface area contributed by atoms with Crippen molar-refractivity contribution in [1.29, 1.82) is 0 Å². The minimum Gasteiger partial charge on any atom is -0.458 e. The van der Waals surface area contributed by atoms with Crippen LogP contribution in [0.2, 0.25) is 0 Å². The van der Waals surface area contributed by atoms with E-state index in [1.807, 2.05) is 0 Å². The number of ether oxygens (including phenoxy) is 4. The summed E-state index contributed by atoms with van der Waals surface area (Å²) in [6.07, 6.45) is -0.401. The van der Waals surface area contributed by atoms with E-state index < -0.39 is 17.7 Å². The van der Waals surface area contributed by atoms with Crippen molar-refractivity contribution in [3.63, 3.8) is 0 Å². The summed E-state index contributed by atoms with van der Waals surface area (Å²) in [6, 6.07) is 0. The van der Waals surface area contributed by atoms with Gasteiger partial charge in [0.25, 0.3) is 0 Å². The van der Waals surface area contributed by atoms with Crippen LogP contribution < -0.4 is 0 Å². The number of ketones is 1. The largest absolute Gasteiger partial charge is 0.458 e. The zero-order valence-corrected chi connectivity index (χ0v) is 13.1. The summed E-state index contributed by atoms with van der Waals surface area (Å²) in [6.45, 7) is 9.91. The molecular weight excluding hydrogens is 264 g/mol. The third-order valence-corrected chi connectivity index (χ3v) is 2.18. The molecule has 0 radical (unpaired) electrons. The molecular formula is C14H26O6. The van der Waals surface area contributed by atoms with Crippen LogP contribution in [0, 0.1) is 0 Å². The Balaban J connectivity index is 3.37. The van der Waals surface area contributed by atoms with Crippen molar-refractivity contribution in [1.82, 2.24) is 0 Å². The number of rotatable bonds is 10. The Bertz CT molecular complexity index is 295. The van der Waals surface area contributed by atoms with Crippen molar-refractivity contribution in [3.8, 4) is 0 Å². The molecule has 6 heteroatoms. The fourth-order valence-corrected chi connectivity index (χ4v) is 1.15. The highest BCUT2D eigenvalue weighted by atomic mass is 16.6. The Morgan fingerprint density at radius 3 is 2.10 bits per heavy atom. The Morgan fingerprint density at radius 2 is 1.55 bits per heavy atom. The van der Waals surface area contributed by atoms with Crippen molar-refractivity contribution < 1.29 is 28.5 Å². The molecule has 0 heterocycles. The van der Waals surface area contributed by atoms with Crippen LogP contribution in [0.5, 0.6) is 0 Å². The van der Waals surface area contributed by atoms with Gasteiger partial charge in [-0.3, -0.25) is 4.79 Å². The van der Waals surface area contributed by atoms with Crippen LogP contribution in [0.4, 0.5) is 0 Å². The molecule has 0 aromatic rings. The first-order valence-electron chi connectivity index (χ1n) is 6.72. The van der Waals surface area contributed by atoms with Gasteiger partial charge in [-0.1, -0.05) is 0 Å². The van der Waals surface area contributed by atoms with Crippen molar-refractivity contribution in [2.45, 2.75) is 46.3 Å². The van der Waals surface area contributed by atoms with E-state index in [0.29, 0.717) is 26.4 Å². The molecule has 0 saturated carbocycles. The highest BCUT2D eigenvalue weighted by molar-refractivity contribution is 5.79. The molecule has 0 fully saturated rings. The second-order valence-corrected chi connectivity index (χ2v) is 5.38. The Labute approximate surface area is 120 Å². The summed E-state index contributed by atoms with van der Waals surface area (Å²) in [5.41, 5.74) is -0.498. The first kappa shape index (κ1) is 19.0. The van der Waals surface area contributed by atoms with Crippen molar-refractivity contribution >= 4 is 11.8 Å². The van der Waals surface area contributed by atoms with E-state index in [9.17, 15) is 9.59 Å². The highest BCUT2D eigenvalue weighted by Crippen LogP contribution is 2.06. The van der Waals surface area contributed by atoms with Gasteiger partial charge in [-0.15, -0.1) is 0 Å². The van der Waals surface area contributed by atoms with Gasteiger partial charge in [0.05, 0.1) is 26.4 Å². The number of hydrogen-bond donors (Lipinski definition) is 0. The molecule has 0 N–H and O–H groups in total. The molecule has 0 unspecified atom stereocenters. The maximum absolute atomic E-state index is 11.3. The second-order valence-electron chi connectivity index (χ2n) is 5.38. The summed E-state index contributed by atoms with van der Waals surface area (Å²) >= 11 is 0. The van der Waals surface area contributed by atoms with E-state index in [1.54, 1.807) is 27.7 Å². The van der Waals surface area contributed by atoms with Gasteiger partial charge in [-0.05, 0) is 34.6 Å².